The highest BCUT2D eigenvalue weighted by Gasteiger charge is 2.18. The number of hydrogen-bond acceptors (Lipinski definition) is 0. The molecule has 0 saturated heterocycles. The van der Waals surface area contributed by atoms with E-state index < -0.39 is 0 Å². The Morgan fingerprint density at radius 1 is 0.800 bits per heavy atom. The highest BCUT2D eigenvalue weighted by Crippen LogP contribution is 2.22. The summed E-state index contributed by atoms with van der Waals surface area (Å²) >= 11 is 0. The van der Waals surface area contributed by atoms with Crippen LogP contribution in [0.4, 0.5) is 0 Å². The predicted octanol–water partition coefficient (Wildman–Crippen LogP) is 5.56. The van der Waals surface area contributed by atoms with Crippen LogP contribution in [0.15, 0.2) is 42.5 Å². The van der Waals surface area contributed by atoms with Crippen molar-refractivity contribution >= 4 is 21.7 Å². The van der Waals surface area contributed by atoms with E-state index in [-0.39, 0.29) is 0 Å². The largest absolute Gasteiger partial charge is 0.133 e. The van der Waals surface area contributed by atoms with Crippen molar-refractivity contribution in [2.24, 2.45) is 0 Å². The average Bonchev–Trinajstić information content (AvgIpc) is 2.50. The fourth-order valence-electron chi connectivity index (χ4n) is 2.58. The van der Waals surface area contributed by atoms with Gasteiger partial charge in [-0.2, -0.15) is 0 Å². The monoisotopic (exact) mass is 287 g/mol. The van der Waals surface area contributed by atoms with Crippen LogP contribution in [0.3, 0.4) is 0 Å². The lowest BCUT2D eigenvalue weighted by Gasteiger charge is -2.10. The van der Waals surface area contributed by atoms with E-state index in [1.54, 1.807) is 5.56 Å². The van der Waals surface area contributed by atoms with Crippen molar-refractivity contribution < 1.29 is 0 Å². The lowest BCUT2D eigenvalue weighted by Crippen LogP contribution is -2.15. The molecule has 20 heavy (non-hydrogen) atoms. The van der Waals surface area contributed by atoms with E-state index >= 15 is 0 Å². The molecular formula is C19H27S+. The van der Waals surface area contributed by atoms with E-state index in [0.717, 1.165) is 0 Å². The van der Waals surface area contributed by atoms with E-state index in [2.05, 4.69) is 56.3 Å². The van der Waals surface area contributed by atoms with Crippen LogP contribution in [0.25, 0.3) is 10.8 Å². The summed E-state index contributed by atoms with van der Waals surface area (Å²) in [6.45, 7) is 4.61. The van der Waals surface area contributed by atoms with Gasteiger partial charge < -0.3 is 0 Å². The van der Waals surface area contributed by atoms with Gasteiger partial charge in [0.2, 0.25) is 0 Å². The maximum absolute atomic E-state index is 2.33. The first-order valence-corrected chi connectivity index (χ1v) is 9.69. The number of benzene rings is 2. The second kappa shape index (κ2) is 8.36. The molecule has 108 valence electrons. The molecule has 0 amide bonds. The number of rotatable bonds is 8. The highest BCUT2D eigenvalue weighted by molar-refractivity contribution is 7.96. The molecule has 0 heterocycles. The van der Waals surface area contributed by atoms with Crippen LogP contribution in [0.2, 0.25) is 0 Å². The van der Waals surface area contributed by atoms with Gasteiger partial charge in [-0.25, -0.2) is 0 Å². The SMILES string of the molecule is CCCC[S+](CCCC)Cc1cccc2ccccc12. The maximum Gasteiger partial charge on any atom is 0.133 e. The molecule has 0 aliphatic rings. The van der Waals surface area contributed by atoms with Crippen molar-refractivity contribution in [2.75, 3.05) is 11.5 Å². The Bertz CT molecular complexity index is 505. The van der Waals surface area contributed by atoms with Crippen LogP contribution in [-0.4, -0.2) is 11.5 Å². The summed E-state index contributed by atoms with van der Waals surface area (Å²) in [5.41, 5.74) is 1.55. The van der Waals surface area contributed by atoms with E-state index in [9.17, 15) is 0 Å². The van der Waals surface area contributed by atoms with Crippen LogP contribution in [-0.2, 0) is 16.6 Å². The first-order chi connectivity index (χ1) is 9.85. The lowest BCUT2D eigenvalue weighted by atomic mass is 10.1. The molecule has 0 aliphatic heterocycles. The Hall–Kier alpha value is -0.950. The molecule has 0 aromatic heterocycles. The van der Waals surface area contributed by atoms with Crippen molar-refractivity contribution in [3.05, 3.63) is 48.0 Å². The summed E-state index contributed by atoms with van der Waals surface area (Å²) in [6.07, 6.45) is 5.42. The van der Waals surface area contributed by atoms with Crippen LogP contribution in [0, 0.1) is 0 Å². The second-order valence-electron chi connectivity index (χ2n) is 5.51. The van der Waals surface area contributed by atoms with Crippen LogP contribution < -0.4 is 0 Å². The third kappa shape index (κ3) is 4.28. The lowest BCUT2D eigenvalue weighted by molar-refractivity contribution is 0.870. The van der Waals surface area contributed by atoms with Crippen LogP contribution in [0.1, 0.15) is 45.1 Å². The molecule has 0 nitrogen and oxygen atoms in total. The third-order valence-corrected chi connectivity index (χ3v) is 6.26. The first-order valence-electron chi connectivity index (χ1n) is 7.96. The minimum absolute atomic E-state index is 0.569. The third-order valence-electron chi connectivity index (χ3n) is 3.81. The Kier molecular flexibility index (Phi) is 6.46. The van der Waals surface area contributed by atoms with Crippen molar-refractivity contribution in [3.63, 3.8) is 0 Å². The zero-order valence-electron chi connectivity index (χ0n) is 12.9. The topological polar surface area (TPSA) is 0 Å². The standard InChI is InChI=1S/C19H27S/c1-3-5-14-20(15-6-4-2)16-18-12-9-11-17-10-7-8-13-19(17)18/h7-13H,3-6,14-16H2,1-2H3/q+1. The van der Waals surface area contributed by atoms with Gasteiger partial charge in [0.15, 0.2) is 0 Å². The minimum atomic E-state index is 0.569. The first kappa shape index (κ1) is 15.4. The van der Waals surface area contributed by atoms with E-state index in [1.165, 1.54) is 53.7 Å². The van der Waals surface area contributed by atoms with Gasteiger partial charge in [0.25, 0.3) is 0 Å². The van der Waals surface area contributed by atoms with E-state index in [0.29, 0.717) is 10.9 Å². The molecule has 2 aromatic rings. The predicted molar refractivity (Wildman–Crippen MR) is 94.6 cm³/mol. The van der Waals surface area contributed by atoms with Gasteiger partial charge >= 0.3 is 0 Å². The summed E-state index contributed by atoms with van der Waals surface area (Å²) < 4.78 is 0. The van der Waals surface area contributed by atoms with Gasteiger partial charge in [0, 0.05) is 5.56 Å². The molecule has 0 N–H and O–H groups in total. The highest BCUT2D eigenvalue weighted by atomic mass is 32.2. The summed E-state index contributed by atoms with van der Waals surface area (Å²) in [4.78, 5) is 0. The van der Waals surface area contributed by atoms with Crippen molar-refractivity contribution in [1.82, 2.24) is 0 Å². The number of unbranched alkanes of at least 4 members (excludes halogenated alkanes) is 2. The summed E-state index contributed by atoms with van der Waals surface area (Å²) in [7, 11) is 0.569. The smallest absolute Gasteiger partial charge is 0.0652 e. The quantitative estimate of drug-likeness (QED) is 0.558. The average molecular weight is 287 g/mol. The fourth-order valence-corrected chi connectivity index (χ4v) is 5.16. The summed E-state index contributed by atoms with van der Waals surface area (Å²) in [6, 6.07) is 15.6. The molecule has 0 unspecified atom stereocenters. The molecule has 2 aromatic carbocycles. The molecule has 0 radical (unpaired) electrons. The normalized spacial score (nSPS) is 11.3. The number of fused-ring (bicyclic) bond motifs is 1. The molecule has 0 fully saturated rings. The van der Waals surface area contributed by atoms with Crippen molar-refractivity contribution in [1.29, 1.82) is 0 Å². The van der Waals surface area contributed by atoms with E-state index in [4.69, 9.17) is 0 Å². The summed E-state index contributed by atoms with van der Waals surface area (Å²) in [5, 5.41) is 2.85. The molecule has 0 aliphatic carbocycles. The minimum Gasteiger partial charge on any atom is -0.0652 e. The van der Waals surface area contributed by atoms with Gasteiger partial charge in [-0.1, -0.05) is 69.2 Å². The molecule has 0 atom stereocenters. The molecule has 0 saturated carbocycles. The Morgan fingerprint density at radius 3 is 2.15 bits per heavy atom. The molecular weight excluding hydrogens is 260 g/mol. The fraction of sp³-hybridized carbons (Fsp3) is 0.474. The van der Waals surface area contributed by atoms with E-state index in [1.807, 2.05) is 0 Å². The van der Waals surface area contributed by atoms with Gasteiger partial charge in [-0.3, -0.25) is 0 Å². The van der Waals surface area contributed by atoms with Gasteiger partial charge in [-0.15, -0.1) is 0 Å². The zero-order valence-corrected chi connectivity index (χ0v) is 13.7. The van der Waals surface area contributed by atoms with Crippen molar-refractivity contribution in [2.45, 2.75) is 45.3 Å². The van der Waals surface area contributed by atoms with Gasteiger partial charge in [0.1, 0.15) is 17.3 Å². The van der Waals surface area contributed by atoms with Crippen LogP contribution in [0.5, 0.6) is 0 Å². The number of hydrogen-bond donors (Lipinski definition) is 0. The molecule has 0 bridgehead atoms. The van der Waals surface area contributed by atoms with Crippen LogP contribution >= 0.6 is 0 Å². The Balaban J connectivity index is 2.14. The zero-order chi connectivity index (χ0) is 14.2. The van der Waals surface area contributed by atoms with Gasteiger partial charge in [0.05, 0.1) is 0 Å². The Labute approximate surface area is 126 Å². The second-order valence-corrected chi connectivity index (χ2v) is 7.84. The maximum atomic E-state index is 2.33. The Morgan fingerprint density at radius 2 is 1.45 bits per heavy atom. The molecule has 2 rings (SSSR count). The van der Waals surface area contributed by atoms with Gasteiger partial charge in [-0.05, 0) is 34.5 Å². The molecule has 0 spiro atoms. The van der Waals surface area contributed by atoms with Crippen molar-refractivity contribution in [3.8, 4) is 0 Å². The summed E-state index contributed by atoms with van der Waals surface area (Å²) in [5.74, 6) is 4.11. The molecule has 1 heteroatoms.